The van der Waals surface area contributed by atoms with E-state index >= 15 is 0 Å². The lowest BCUT2D eigenvalue weighted by Crippen LogP contribution is -2.37. The molecule has 1 aliphatic rings. The summed E-state index contributed by atoms with van der Waals surface area (Å²) in [5.74, 6) is -1.46. The SMILES string of the molecule is CNC1CC(c2ccc(S(=O)(=O)CC(F)(F)F)cc2)C1. The number of halogens is 3. The summed E-state index contributed by atoms with van der Waals surface area (Å²) in [6.07, 6.45) is -2.79. The summed E-state index contributed by atoms with van der Waals surface area (Å²) >= 11 is 0. The number of hydrogen-bond acceptors (Lipinski definition) is 3. The molecule has 1 aromatic rings. The third kappa shape index (κ3) is 3.52. The average molecular weight is 307 g/mol. The van der Waals surface area contributed by atoms with Crippen LogP contribution in [-0.4, -0.2) is 33.4 Å². The minimum Gasteiger partial charge on any atom is -0.317 e. The summed E-state index contributed by atoms with van der Waals surface area (Å²) in [5, 5.41) is 3.14. The van der Waals surface area contributed by atoms with Crippen molar-refractivity contribution in [1.29, 1.82) is 0 Å². The molecular weight excluding hydrogens is 291 g/mol. The summed E-state index contributed by atoms with van der Waals surface area (Å²) in [6, 6.07) is 6.22. The maximum atomic E-state index is 12.2. The van der Waals surface area contributed by atoms with Gasteiger partial charge in [0.1, 0.15) is 0 Å². The van der Waals surface area contributed by atoms with Gasteiger partial charge in [0.05, 0.1) is 4.90 Å². The zero-order valence-corrected chi connectivity index (χ0v) is 11.8. The maximum absolute atomic E-state index is 12.2. The van der Waals surface area contributed by atoms with E-state index in [2.05, 4.69) is 5.32 Å². The highest BCUT2D eigenvalue weighted by atomic mass is 32.2. The highest BCUT2D eigenvalue weighted by Gasteiger charge is 2.36. The van der Waals surface area contributed by atoms with Crippen molar-refractivity contribution in [3.8, 4) is 0 Å². The number of rotatable bonds is 4. The van der Waals surface area contributed by atoms with Crippen LogP contribution in [0, 0.1) is 0 Å². The molecule has 1 N–H and O–H groups in total. The molecule has 0 amide bonds. The monoisotopic (exact) mass is 307 g/mol. The molecule has 0 aliphatic heterocycles. The Kier molecular flexibility index (Phi) is 4.11. The molecule has 0 atom stereocenters. The van der Waals surface area contributed by atoms with Crippen molar-refractivity contribution in [2.75, 3.05) is 12.8 Å². The Labute approximate surface area is 116 Å². The summed E-state index contributed by atoms with van der Waals surface area (Å²) in [5.41, 5.74) is 0.974. The molecule has 1 fully saturated rings. The van der Waals surface area contributed by atoms with Gasteiger partial charge in [-0.2, -0.15) is 13.2 Å². The first kappa shape index (κ1) is 15.3. The molecule has 0 heterocycles. The summed E-state index contributed by atoms with van der Waals surface area (Å²) in [4.78, 5) is -0.275. The molecule has 7 heteroatoms. The number of hydrogen-bond donors (Lipinski definition) is 1. The molecule has 0 unspecified atom stereocenters. The van der Waals surface area contributed by atoms with Crippen molar-refractivity contribution in [3.05, 3.63) is 29.8 Å². The van der Waals surface area contributed by atoms with Crippen LogP contribution in [0.25, 0.3) is 0 Å². The Morgan fingerprint density at radius 3 is 2.20 bits per heavy atom. The molecule has 3 nitrogen and oxygen atoms in total. The molecule has 0 spiro atoms. The molecule has 1 saturated carbocycles. The minimum atomic E-state index is -4.72. The van der Waals surface area contributed by atoms with Gasteiger partial charge in [-0.25, -0.2) is 8.42 Å². The van der Waals surface area contributed by atoms with Crippen LogP contribution >= 0.6 is 0 Å². The molecule has 1 aromatic carbocycles. The summed E-state index contributed by atoms with van der Waals surface area (Å²) < 4.78 is 59.8. The van der Waals surface area contributed by atoms with Crippen molar-refractivity contribution in [1.82, 2.24) is 5.32 Å². The number of benzene rings is 1. The van der Waals surface area contributed by atoms with Gasteiger partial charge in [0.15, 0.2) is 15.6 Å². The van der Waals surface area contributed by atoms with Gasteiger partial charge in [-0.05, 0) is 43.5 Å². The minimum absolute atomic E-state index is 0.275. The number of alkyl halides is 3. The number of sulfone groups is 1. The third-order valence-corrected chi connectivity index (χ3v) is 5.31. The van der Waals surface area contributed by atoms with E-state index < -0.39 is 21.8 Å². The molecule has 2 rings (SSSR count). The van der Waals surface area contributed by atoms with Crippen LogP contribution in [0.2, 0.25) is 0 Å². The highest BCUT2D eigenvalue weighted by molar-refractivity contribution is 7.91. The van der Waals surface area contributed by atoms with Gasteiger partial charge in [0, 0.05) is 6.04 Å². The van der Waals surface area contributed by atoms with E-state index in [9.17, 15) is 21.6 Å². The fourth-order valence-electron chi connectivity index (χ4n) is 2.37. The van der Waals surface area contributed by atoms with E-state index in [1.54, 1.807) is 12.1 Å². The topological polar surface area (TPSA) is 46.2 Å². The average Bonchev–Trinajstić information content (AvgIpc) is 2.25. The molecule has 112 valence electrons. The highest BCUT2D eigenvalue weighted by Crippen LogP contribution is 2.37. The van der Waals surface area contributed by atoms with Crippen LogP contribution < -0.4 is 5.32 Å². The molecule has 0 bridgehead atoms. The van der Waals surface area contributed by atoms with E-state index in [4.69, 9.17) is 0 Å². The standard InChI is InChI=1S/C13H16F3NO2S/c1-17-11-6-10(7-11)9-2-4-12(5-3-9)20(18,19)8-13(14,15)16/h2-5,10-11,17H,6-8H2,1H3. The van der Waals surface area contributed by atoms with E-state index in [0.717, 1.165) is 18.4 Å². The van der Waals surface area contributed by atoms with E-state index in [-0.39, 0.29) is 4.90 Å². The lowest BCUT2D eigenvalue weighted by molar-refractivity contribution is -0.106. The first-order valence-corrected chi connectivity index (χ1v) is 7.93. The lowest BCUT2D eigenvalue weighted by atomic mass is 9.76. The zero-order valence-electron chi connectivity index (χ0n) is 10.9. The van der Waals surface area contributed by atoms with Gasteiger partial charge in [-0.15, -0.1) is 0 Å². The van der Waals surface area contributed by atoms with Gasteiger partial charge in [-0.1, -0.05) is 12.1 Å². The van der Waals surface area contributed by atoms with Gasteiger partial charge >= 0.3 is 6.18 Å². The van der Waals surface area contributed by atoms with Crippen LogP contribution in [0.3, 0.4) is 0 Å². The van der Waals surface area contributed by atoms with Crippen LogP contribution in [0.1, 0.15) is 24.3 Å². The normalized spacial score (nSPS) is 23.4. The third-order valence-electron chi connectivity index (χ3n) is 3.61. The Balaban J connectivity index is 2.09. The first-order valence-electron chi connectivity index (χ1n) is 6.28. The van der Waals surface area contributed by atoms with Crippen LogP contribution in [0.15, 0.2) is 29.2 Å². The predicted octanol–water partition coefficient (Wildman–Crippen LogP) is 2.49. The van der Waals surface area contributed by atoms with Gasteiger partial charge in [0.25, 0.3) is 0 Å². The Bertz CT molecular complexity index is 560. The van der Waals surface area contributed by atoms with Crippen molar-refractivity contribution in [2.24, 2.45) is 0 Å². The predicted molar refractivity (Wildman–Crippen MR) is 69.4 cm³/mol. The molecule has 0 saturated heterocycles. The Hall–Kier alpha value is -1.08. The fraction of sp³-hybridized carbons (Fsp3) is 0.538. The zero-order chi connectivity index (χ0) is 15.0. The quantitative estimate of drug-likeness (QED) is 0.929. The second-order valence-corrected chi connectivity index (χ2v) is 7.09. The largest absolute Gasteiger partial charge is 0.403 e. The van der Waals surface area contributed by atoms with Gasteiger partial charge in [0.2, 0.25) is 0 Å². The van der Waals surface area contributed by atoms with E-state index in [1.165, 1.54) is 12.1 Å². The molecule has 1 aliphatic carbocycles. The van der Waals surface area contributed by atoms with Crippen molar-refractivity contribution in [3.63, 3.8) is 0 Å². The van der Waals surface area contributed by atoms with Crippen LogP contribution in [-0.2, 0) is 9.84 Å². The molecular formula is C13H16F3NO2S. The Morgan fingerprint density at radius 1 is 1.20 bits per heavy atom. The smallest absolute Gasteiger partial charge is 0.317 e. The van der Waals surface area contributed by atoms with Gasteiger partial charge in [-0.3, -0.25) is 0 Å². The second kappa shape index (κ2) is 5.37. The second-order valence-electron chi connectivity index (χ2n) is 5.10. The van der Waals surface area contributed by atoms with E-state index in [0.29, 0.717) is 12.0 Å². The summed E-state index contributed by atoms with van der Waals surface area (Å²) in [6.45, 7) is 0. The fourth-order valence-corrected chi connectivity index (χ4v) is 3.52. The first-order chi connectivity index (χ1) is 9.21. The molecule has 0 radical (unpaired) electrons. The summed E-state index contributed by atoms with van der Waals surface area (Å²) in [7, 11) is -2.42. The van der Waals surface area contributed by atoms with Crippen molar-refractivity contribution >= 4 is 9.84 Å². The van der Waals surface area contributed by atoms with Crippen molar-refractivity contribution in [2.45, 2.75) is 35.9 Å². The molecule has 0 aromatic heterocycles. The Morgan fingerprint density at radius 2 is 1.75 bits per heavy atom. The maximum Gasteiger partial charge on any atom is 0.403 e. The van der Waals surface area contributed by atoms with Crippen LogP contribution in [0.4, 0.5) is 13.2 Å². The van der Waals surface area contributed by atoms with Crippen molar-refractivity contribution < 1.29 is 21.6 Å². The van der Waals surface area contributed by atoms with E-state index in [1.807, 2.05) is 7.05 Å². The lowest BCUT2D eigenvalue weighted by Gasteiger charge is -2.35. The number of nitrogens with one attached hydrogen (secondary N) is 1. The molecule has 20 heavy (non-hydrogen) atoms. The van der Waals surface area contributed by atoms with Crippen LogP contribution in [0.5, 0.6) is 0 Å². The van der Waals surface area contributed by atoms with Gasteiger partial charge < -0.3 is 5.32 Å².